The van der Waals surface area contributed by atoms with E-state index in [1.165, 1.54) is 34.2 Å². The molecule has 256 valence electrons. The molecule has 0 unspecified atom stereocenters. The summed E-state index contributed by atoms with van der Waals surface area (Å²) in [6.45, 7) is -0.0672. The fourth-order valence-electron chi connectivity index (χ4n) is 4.93. The predicted molar refractivity (Wildman–Crippen MR) is 146 cm³/mol. The molecule has 4 heterocycles. The smallest absolute Gasteiger partial charge is 0.475 e. The number of carbonyl (C=O) groups is 1. The van der Waals surface area contributed by atoms with Crippen molar-refractivity contribution in [3.8, 4) is 0 Å². The number of rotatable bonds is 4. The van der Waals surface area contributed by atoms with Gasteiger partial charge in [0.15, 0.2) is 0 Å². The van der Waals surface area contributed by atoms with Crippen molar-refractivity contribution in [3.05, 3.63) is 65.0 Å². The van der Waals surface area contributed by atoms with E-state index in [2.05, 4.69) is 20.3 Å². The molecule has 5 rings (SSSR count). The number of hydrogen-bond acceptors (Lipinski definition) is 7. The zero-order valence-corrected chi connectivity index (χ0v) is 23.9. The lowest BCUT2D eigenvalue weighted by Crippen LogP contribution is -2.43. The Morgan fingerprint density at radius 1 is 0.851 bits per heavy atom. The summed E-state index contributed by atoms with van der Waals surface area (Å²) in [4.78, 5) is 24.7. The van der Waals surface area contributed by atoms with Crippen molar-refractivity contribution < 1.29 is 58.2 Å². The summed E-state index contributed by atoms with van der Waals surface area (Å²) >= 11 is 0. The van der Waals surface area contributed by atoms with Gasteiger partial charge in [-0.3, -0.25) is 0 Å². The van der Waals surface area contributed by atoms with Crippen LogP contribution in [0.15, 0.2) is 42.6 Å². The molecule has 19 heteroatoms. The van der Waals surface area contributed by atoms with Crippen molar-refractivity contribution in [3.63, 3.8) is 0 Å². The van der Waals surface area contributed by atoms with Gasteiger partial charge in [-0.25, -0.2) is 23.5 Å². The third-order valence-corrected chi connectivity index (χ3v) is 7.12. The van der Waals surface area contributed by atoms with Crippen molar-refractivity contribution in [2.24, 2.45) is 0 Å². The van der Waals surface area contributed by atoms with E-state index >= 15 is 0 Å². The van der Waals surface area contributed by atoms with Gasteiger partial charge in [0.25, 0.3) is 5.92 Å². The Balaban J connectivity index is 0.000000644. The van der Waals surface area contributed by atoms with Crippen LogP contribution < -0.4 is 15.1 Å². The number of pyridine rings is 1. The zero-order valence-electron chi connectivity index (χ0n) is 23.9. The van der Waals surface area contributed by atoms with Crippen molar-refractivity contribution >= 4 is 29.2 Å². The Bertz CT molecular complexity index is 1560. The average molecular weight is 687 g/mol. The van der Waals surface area contributed by atoms with Gasteiger partial charge in [-0.05, 0) is 49.2 Å². The van der Waals surface area contributed by atoms with Crippen LogP contribution in [0.2, 0.25) is 0 Å². The van der Waals surface area contributed by atoms with Crippen LogP contribution in [0.25, 0.3) is 0 Å². The number of piperidine rings is 1. The van der Waals surface area contributed by atoms with Crippen LogP contribution in [0.1, 0.15) is 35.2 Å². The fraction of sp³-hybridized carbons (Fsp3) is 0.429. The molecule has 1 saturated heterocycles. The van der Waals surface area contributed by atoms with Gasteiger partial charge in [0.2, 0.25) is 5.95 Å². The summed E-state index contributed by atoms with van der Waals surface area (Å²) in [5.74, 6) is -5.71. The largest absolute Gasteiger partial charge is 0.490 e. The average Bonchev–Trinajstić information content (AvgIpc) is 3.19. The highest BCUT2D eigenvalue weighted by molar-refractivity contribution is 5.73. The molecular weight excluding hydrogens is 661 g/mol. The number of anilines is 4. The highest BCUT2D eigenvalue weighted by Gasteiger charge is 2.39. The third-order valence-electron chi connectivity index (χ3n) is 7.12. The van der Waals surface area contributed by atoms with E-state index < -0.39 is 48.1 Å². The predicted octanol–water partition coefficient (Wildman–Crippen LogP) is 7.13. The molecule has 2 aromatic heterocycles. The lowest BCUT2D eigenvalue weighted by atomic mass is 10.1. The van der Waals surface area contributed by atoms with E-state index in [4.69, 9.17) is 9.90 Å². The zero-order chi connectivity index (χ0) is 34.8. The molecule has 2 aliphatic heterocycles. The number of aliphatic carboxylic acids is 1. The van der Waals surface area contributed by atoms with Crippen LogP contribution in [0.3, 0.4) is 0 Å². The van der Waals surface area contributed by atoms with Gasteiger partial charge in [0.1, 0.15) is 11.6 Å². The van der Waals surface area contributed by atoms with E-state index in [-0.39, 0.29) is 68.6 Å². The second kappa shape index (κ2) is 13.3. The van der Waals surface area contributed by atoms with Gasteiger partial charge in [-0.2, -0.15) is 44.5 Å². The van der Waals surface area contributed by atoms with Crippen molar-refractivity contribution in [1.82, 2.24) is 15.0 Å². The summed E-state index contributed by atoms with van der Waals surface area (Å²) in [6.07, 6.45) is -12.7. The Morgan fingerprint density at radius 3 is 2.06 bits per heavy atom. The topological polar surface area (TPSA) is 94.5 Å². The SMILES string of the molecule is FC1(F)CCCN(c2nc3c(c(Nc4ccc(C(F)(F)F)cc4)n2)CCN(c2ncccc2C(F)(F)F)CC3)C1.O=C(O)C(F)(F)F. The molecule has 0 aliphatic carbocycles. The molecule has 0 saturated carbocycles. The second-order valence-electron chi connectivity index (χ2n) is 10.5. The van der Waals surface area contributed by atoms with E-state index in [9.17, 15) is 48.3 Å². The maximum absolute atomic E-state index is 14.2. The third kappa shape index (κ3) is 9.09. The highest BCUT2D eigenvalue weighted by atomic mass is 19.4. The Kier molecular flexibility index (Phi) is 10.1. The Morgan fingerprint density at radius 2 is 1.49 bits per heavy atom. The lowest BCUT2D eigenvalue weighted by Gasteiger charge is -2.33. The maximum Gasteiger partial charge on any atom is 0.490 e. The number of aromatic nitrogens is 3. The first-order valence-corrected chi connectivity index (χ1v) is 13.8. The van der Waals surface area contributed by atoms with Crippen LogP contribution in [-0.2, 0) is 30.0 Å². The number of alkyl halides is 11. The molecule has 3 aromatic rings. The summed E-state index contributed by atoms with van der Waals surface area (Å²) in [5, 5.41) is 10.1. The molecule has 1 aromatic carbocycles. The number of hydrogen-bond donors (Lipinski definition) is 2. The normalized spacial score (nSPS) is 16.8. The van der Waals surface area contributed by atoms with Crippen molar-refractivity contribution in [1.29, 1.82) is 0 Å². The molecule has 0 bridgehead atoms. The number of fused-ring (bicyclic) bond motifs is 1. The minimum Gasteiger partial charge on any atom is -0.475 e. The van der Waals surface area contributed by atoms with Crippen molar-refractivity contribution in [2.75, 3.05) is 41.3 Å². The first-order chi connectivity index (χ1) is 21.7. The molecule has 47 heavy (non-hydrogen) atoms. The van der Waals surface area contributed by atoms with Crippen LogP contribution in [-0.4, -0.2) is 64.3 Å². The van der Waals surface area contributed by atoms with Crippen molar-refractivity contribution in [2.45, 2.75) is 50.1 Å². The van der Waals surface area contributed by atoms with Gasteiger partial charge in [-0.1, -0.05) is 0 Å². The minimum atomic E-state index is -5.08. The van der Waals surface area contributed by atoms with E-state index in [1.807, 2.05) is 0 Å². The quantitative estimate of drug-likeness (QED) is 0.280. The van der Waals surface area contributed by atoms with Gasteiger partial charge in [0, 0.05) is 49.9 Å². The Labute approximate surface area is 259 Å². The fourth-order valence-corrected chi connectivity index (χ4v) is 4.93. The lowest BCUT2D eigenvalue weighted by molar-refractivity contribution is -0.192. The van der Waals surface area contributed by atoms with Gasteiger partial charge in [-0.15, -0.1) is 0 Å². The maximum atomic E-state index is 14.2. The van der Waals surface area contributed by atoms with Gasteiger partial charge >= 0.3 is 24.5 Å². The summed E-state index contributed by atoms with van der Waals surface area (Å²) in [7, 11) is 0. The molecule has 0 spiro atoms. The first kappa shape index (κ1) is 35.4. The van der Waals surface area contributed by atoms with Crippen LogP contribution in [0.4, 0.5) is 71.6 Å². The second-order valence-corrected chi connectivity index (χ2v) is 10.5. The number of carboxylic acid groups (broad SMARTS) is 1. The number of nitrogens with one attached hydrogen (secondary N) is 1. The molecule has 0 atom stereocenters. The van der Waals surface area contributed by atoms with Gasteiger partial charge in [0.05, 0.1) is 23.4 Å². The number of nitrogens with zero attached hydrogens (tertiary/aromatic N) is 5. The van der Waals surface area contributed by atoms with Gasteiger partial charge < -0.3 is 20.2 Å². The monoisotopic (exact) mass is 686 g/mol. The summed E-state index contributed by atoms with van der Waals surface area (Å²) in [5.41, 5.74) is -0.456. The molecule has 0 radical (unpaired) electrons. The molecule has 0 amide bonds. The molecule has 2 N–H and O–H groups in total. The number of carboxylic acids is 1. The van der Waals surface area contributed by atoms with E-state index in [0.29, 0.717) is 11.3 Å². The summed E-state index contributed by atoms with van der Waals surface area (Å²) in [6, 6.07) is 6.39. The van der Waals surface area contributed by atoms with E-state index in [0.717, 1.165) is 18.2 Å². The van der Waals surface area contributed by atoms with Crippen LogP contribution in [0.5, 0.6) is 0 Å². The first-order valence-electron chi connectivity index (χ1n) is 13.8. The van der Waals surface area contributed by atoms with Crippen LogP contribution in [0, 0.1) is 0 Å². The van der Waals surface area contributed by atoms with Crippen LogP contribution >= 0.6 is 0 Å². The Hall–Kier alpha value is -4.45. The minimum absolute atomic E-state index is 0.0230. The molecule has 2 aliphatic rings. The molecule has 8 nitrogen and oxygen atoms in total. The highest BCUT2D eigenvalue weighted by Crippen LogP contribution is 2.37. The standard InChI is InChI=1S/C26H24F8N6.C2HF3O2/c27-24(28)10-2-12-40(15-24)23-37-20-9-14-39(22-19(26(32,33)34)3-1-11-35-22)13-8-18(20)21(38-23)36-17-6-4-16(5-7-17)25(29,30)31;3-2(4,5)1(6)7/h1,3-7,11H,2,8-10,12-15H2,(H,36,37,38);(H,6,7). The summed E-state index contributed by atoms with van der Waals surface area (Å²) < 4.78 is 140. The number of benzene rings is 1. The molecule has 1 fully saturated rings. The van der Waals surface area contributed by atoms with E-state index in [1.54, 1.807) is 0 Å². The molecular formula is C28H25F11N6O2. The number of halogens is 11.